The third-order valence-electron chi connectivity index (χ3n) is 5.74. The maximum Gasteiger partial charge on any atom is 0.250 e. The summed E-state index contributed by atoms with van der Waals surface area (Å²) < 4.78 is 11.8. The van der Waals surface area contributed by atoms with Crippen LogP contribution in [0.5, 0.6) is 0 Å². The van der Waals surface area contributed by atoms with Crippen LogP contribution in [-0.4, -0.2) is 16.0 Å². The van der Waals surface area contributed by atoms with E-state index in [4.69, 9.17) is 55.9 Å². The molecule has 0 bridgehead atoms. The Hall–Kier alpha value is -3.62. The quantitative estimate of drug-likeness (QED) is 0.156. The molecular formula is C29H20Cl3N3O3S. The van der Waals surface area contributed by atoms with Gasteiger partial charge in [0.1, 0.15) is 17.0 Å². The van der Waals surface area contributed by atoms with Gasteiger partial charge in [-0.25, -0.2) is 4.98 Å². The van der Waals surface area contributed by atoms with E-state index in [1.807, 2.05) is 26.0 Å². The molecule has 10 heteroatoms. The molecule has 0 unspecified atom stereocenters. The summed E-state index contributed by atoms with van der Waals surface area (Å²) in [7, 11) is 0. The number of benzene rings is 3. The number of fused-ring (bicyclic) bond motifs is 1. The first-order valence-corrected chi connectivity index (χ1v) is 13.2. The number of hydrogen-bond acceptors (Lipinski definition) is 5. The summed E-state index contributed by atoms with van der Waals surface area (Å²) in [4.78, 5) is 17.1. The number of amides is 1. The van der Waals surface area contributed by atoms with E-state index < -0.39 is 5.91 Å². The molecular weight excluding hydrogens is 577 g/mol. The van der Waals surface area contributed by atoms with Crippen molar-refractivity contribution < 1.29 is 13.6 Å². The number of nitrogens with one attached hydrogen (secondary N) is 2. The minimum absolute atomic E-state index is 0.0702. The van der Waals surface area contributed by atoms with Gasteiger partial charge < -0.3 is 14.2 Å². The number of carbonyl (C=O) groups excluding carboxylic acids is 1. The predicted molar refractivity (Wildman–Crippen MR) is 161 cm³/mol. The van der Waals surface area contributed by atoms with Crippen LogP contribution in [-0.2, 0) is 4.79 Å². The highest BCUT2D eigenvalue weighted by Crippen LogP contribution is 2.33. The van der Waals surface area contributed by atoms with Crippen LogP contribution in [0.3, 0.4) is 0 Å². The van der Waals surface area contributed by atoms with Crippen molar-refractivity contribution >= 4 is 80.9 Å². The summed E-state index contributed by atoms with van der Waals surface area (Å²) in [6.07, 6.45) is 2.83. The fraction of sp³-hybridized carbons (Fsp3) is 0.0690. The van der Waals surface area contributed by atoms with E-state index in [0.717, 1.165) is 22.2 Å². The van der Waals surface area contributed by atoms with Crippen LogP contribution >= 0.6 is 47.0 Å². The molecule has 39 heavy (non-hydrogen) atoms. The SMILES string of the molecule is Cc1cc(C)c2oc(-c3ccc(Cl)c(NC(=S)NC(=O)/C=C/c4ccc(-c5ccc(Cl)cc5Cl)o4)c3)nc2c1. The molecule has 0 aliphatic carbocycles. The molecule has 0 saturated heterocycles. The van der Waals surface area contributed by atoms with E-state index in [2.05, 4.69) is 15.6 Å². The monoisotopic (exact) mass is 595 g/mol. The van der Waals surface area contributed by atoms with Crippen LogP contribution in [0.4, 0.5) is 5.69 Å². The molecule has 0 radical (unpaired) electrons. The number of aryl methyl sites for hydroxylation is 2. The number of halogens is 3. The van der Waals surface area contributed by atoms with Crippen molar-refractivity contribution in [1.82, 2.24) is 10.3 Å². The lowest BCUT2D eigenvalue weighted by Crippen LogP contribution is -2.32. The molecule has 2 heterocycles. The Labute approximate surface area is 244 Å². The topological polar surface area (TPSA) is 80.3 Å². The van der Waals surface area contributed by atoms with Crippen LogP contribution in [0.1, 0.15) is 16.9 Å². The summed E-state index contributed by atoms with van der Waals surface area (Å²) >= 11 is 23.9. The molecule has 0 fully saturated rings. The molecule has 5 rings (SSSR count). The highest BCUT2D eigenvalue weighted by atomic mass is 35.5. The number of nitrogens with zero attached hydrogens (tertiary/aromatic N) is 1. The van der Waals surface area contributed by atoms with Gasteiger partial charge in [-0.3, -0.25) is 10.1 Å². The first kappa shape index (κ1) is 27.0. The number of carbonyl (C=O) groups is 1. The van der Waals surface area contributed by atoms with E-state index in [1.54, 1.807) is 48.5 Å². The molecule has 1 amide bonds. The zero-order valence-corrected chi connectivity index (χ0v) is 23.7. The van der Waals surface area contributed by atoms with Gasteiger partial charge in [0.25, 0.3) is 0 Å². The smallest absolute Gasteiger partial charge is 0.250 e. The van der Waals surface area contributed by atoms with Crippen molar-refractivity contribution in [1.29, 1.82) is 0 Å². The Morgan fingerprint density at radius 2 is 1.77 bits per heavy atom. The van der Waals surface area contributed by atoms with Gasteiger partial charge in [0.2, 0.25) is 11.8 Å². The summed E-state index contributed by atoms with van der Waals surface area (Å²) in [5, 5.41) is 7.03. The van der Waals surface area contributed by atoms with Gasteiger partial charge >= 0.3 is 0 Å². The molecule has 2 N–H and O–H groups in total. The predicted octanol–water partition coefficient (Wildman–Crippen LogP) is 8.86. The Morgan fingerprint density at radius 1 is 0.949 bits per heavy atom. The summed E-state index contributed by atoms with van der Waals surface area (Å²) in [6, 6.07) is 17.9. The minimum atomic E-state index is -0.452. The lowest BCUT2D eigenvalue weighted by Gasteiger charge is -2.10. The zero-order chi connectivity index (χ0) is 27.7. The summed E-state index contributed by atoms with van der Waals surface area (Å²) in [5.41, 5.74) is 5.51. The van der Waals surface area contributed by atoms with Crippen molar-refractivity contribution in [3.8, 4) is 22.8 Å². The second kappa shape index (κ2) is 11.2. The van der Waals surface area contributed by atoms with Crippen molar-refractivity contribution in [2.75, 3.05) is 5.32 Å². The lowest BCUT2D eigenvalue weighted by molar-refractivity contribution is -0.115. The molecule has 0 atom stereocenters. The third kappa shape index (κ3) is 6.18. The average molecular weight is 597 g/mol. The molecule has 5 aromatic rings. The van der Waals surface area contributed by atoms with Crippen molar-refractivity contribution in [3.63, 3.8) is 0 Å². The summed E-state index contributed by atoms with van der Waals surface area (Å²) in [5.74, 6) is 1.01. The third-order valence-corrected chi connectivity index (χ3v) is 6.82. The van der Waals surface area contributed by atoms with Crippen LogP contribution in [0, 0.1) is 13.8 Å². The number of furan rings is 1. The number of hydrogen-bond donors (Lipinski definition) is 2. The average Bonchev–Trinajstić information content (AvgIpc) is 3.51. The molecule has 0 spiro atoms. The van der Waals surface area contributed by atoms with Crippen LogP contribution in [0.25, 0.3) is 40.0 Å². The van der Waals surface area contributed by atoms with E-state index >= 15 is 0 Å². The van der Waals surface area contributed by atoms with E-state index in [-0.39, 0.29) is 5.11 Å². The van der Waals surface area contributed by atoms with Gasteiger partial charge in [0.05, 0.1) is 15.7 Å². The highest BCUT2D eigenvalue weighted by molar-refractivity contribution is 7.80. The van der Waals surface area contributed by atoms with Crippen LogP contribution in [0.2, 0.25) is 15.1 Å². The standard InChI is InChI=1S/C29H20Cl3N3O3S/c1-15-11-16(2)27-24(12-15)33-28(38-27)17-3-8-21(31)23(13-17)34-29(39)35-26(36)10-6-19-5-9-25(37-19)20-7-4-18(30)14-22(20)32/h3-14H,1-2H3,(H2,34,35,36,39)/b10-6+. The molecule has 2 aromatic heterocycles. The first-order chi connectivity index (χ1) is 18.7. The van der Waals surface area contributed by atoms with Crippen molar-refractivity contribution in [2.24, 2.45) is 0 Å². The second-order valence-electron chi connectivity index (χ2n) is 8.75. The molecule has 0 aliphatic rings. The van der Waals surface area contributed by atoms with Crippen molar-refractivity contribution in [3.05, 3.63) is 98.7 Å². The van der Waals surface area contributed by atoms with E-state index in [1.165, 1.54) is 12.2 Å². The largest absolute Gasteiger partial charge is 0.457 e. The Kier molecular flexibility index (Phi) is 7.77. The van der Waals surface area contributed by atoms with Gasteiger partial charge in [-0.2, -0.15) is 0 Å². The fourth-order valence-corrected chi connectivity index (χ4v) is 4.87. The number of oxazole rings is 1. The Morgan fingerprint density at radius 3 is 2.56 bits per heavy atom. The summed E-state index contributed by atoms with van der Waals surface area (Å²) in [6.45, 7) is 3.99. The molecule has 6 nitrogen and oxygen atoms in total. The number of thiocarbonyl (C=S) groups is 1. The maximum absolute atomic E-state index is 12.5. The number of rotatable bonds is 5. The zero-order valence-electron chi connectivity index (χ0n) is 20.6. The van der Waals surface area contributed by atoms with Crippen LogP contribution in [0.15, 0.2) is 75.6 Å². The molecule has 0 aliphatic heterocycles. The normalized spacial score (nSPS) is 11.3. The fourth-order valence-electron chi connectivity index (χ4n) is 4.00. The number of aromatic nitrogens is 1. The van der Waals surface area contributed by atoms with Gasteiger partial charge in [0, 0.05) is 22.2 Å². The minimum Gasteiger partial charge on any atom is -0.457 e. The van der Waals surface area contributed by atoms with Gasteiger partial charge in [-0.05, 0) is 97.9 Å². The maximum atomic E-state index is 12.5. The van der Waals surface area contributed by atoms with Crippen LogP contribution < -0.4 is 10.6 Å². The molecule has 0 saturated carbocycles. The molecule has 3 aromatic carbocycles. The van der Waals surface area contributed by atoms with E-state index in [9.17, 15) is 4.79 Å². The van der Waals surface area contributed by atoms with Gasteiger partial charge in [0.15, 0.2) is 10.7 Å². The highest BCUT2D eigenvalue weighted by Gasteiger charge is 2.14. The van der Waals surface area contributed by atoms with Crippen molar-refractivity contribution in [2.45, 2.75) is 13.8 Å². The Balaban J connectivity index is 1.25. The first-order valence-electron chi connectivity index (χ1n) is 11.7. The van der Waals surface area contributed by atoms with Gasteiger partial charge in [-0.15, -0.1) is 0 Å². The Bertz CT molecular complexity index is 1770. The molecule has 196 valence electrons. The number of anilines is 1. The van der Waals surface area contributed by atoms with Gasteiger partial charge in [-0.1, -0.05) is 40.9 Å². The second-order valence-corrected chi connectivity index (χ2v) is 10.4. The van der Waals surface area contributed by atoms with E-state index in [0.29, 0.717) is 49.3 Å². The lowest BCUT2D eigenvalue weighted by atomic mass is 10.1.